The van der Waals surface area contributed by atoms with Gasteiger partial charge in [0.05, 0.1) is 0 Å². The zero-order valence-electron chi connectivity index (χ0n) is 9.09. The molecule has 0 bridgehead atoms. The van der Waals surface area contributed by atoms with E-state index in [4.69, 9.17) is 0 Å². The second-order valence-corrected chi connectivity index (χ2v) is 4.50. The highest BCUT2D eigenvalue weighted by atomic mass is 14.2. The van der Waals surface area contributed by atoms with E-state index in [1.165, 1.54) is 29.6 Å². The molecule has 0 aromatic heterocycles. The van der Waals surface area contributed by atoms with Crippen LogP contribution >= 0.6 is 0 Å². The largest absolute Gasteiger partial charge is 0.0801 e. The Balaban J connectivity index is 2.01. The van der Waals surface area contributed by atoms with Crippen LogP contribution in [0.1, 0.15) is 33.1 Å². The fourth-order valence-corrected chi connectivity index (χ4v) is 1.99. The molecule has 0 nitrogen and oxygen atoms in total. The van der Waals surface area contributed by atoms with E-state index >= 15 is 0 Å². The van der Waals surface area contributed by atoms with Crippen molar-refractivity contribution in [1.29, 1.82) is 0 Å². The molecule has 0 aromatic rings. The highest BCUT2D eigenvalue weighted by Crippen LogP contribution is 2.33. The zero-order chi connectivity index (χ0) is 9.97. The third-order valence-corrected chi connectivity index (χ3v) is 2.87. The Morgan fingerprint density at radius 2 is 2.14 bits per heavy atom. The number of rotatable bonds is 3. The van der Waals surface area contributed by atoms with Crippen LogP contribution in [0.4, 0.5) is 0 Å². The standard InChI is InChI=1S/C14H18/c1-11(2)7-8-13-10-9-12-5-3-4-6-14(12)13/h3,5-6,9-11H,4,7-8H2,1-2H3. The summed E-state index contributed by atoms with van der Waals surface area (Å²) in [5, 5.41) is 0. The van der Waals surface area contributed by atoms with Gasteiger partial charge in [-0.05, 0) is 41.9 Å². The van der Waals surface area contributed by atoms with E-state index in [0.29, 0.717) is 0 Å². The summed E-state index contributed by atoms with van der Waals surface area (Å²) in [5.41, 5.74) is 4.45. The first kappa shape index (κ1) is 9.51. The summed E-state index contributed by atoms with van der Waals surface area (Å²) in [6.07, 6.45) is 15.0. The first-order valence-corrected chi connectivity index (χ1v) is 5.55. The lowest BCUT2D eigenvalue weighted by atomic mass is 9.93. The minimum atomic E-state index is 0.805. The molecule has 0 saturated carbocycles. The van der Waals surface area contributed by atoms with Crippen LogP contribution in [0.25, 0.3) is 0 Å². The van der Waals surface area contributed by atoms with Gasteiger partial charge in [0.25, 0.3) is 0 Å². The molecule has 14 heavy (non-hydrogen) atoms. The predicted molar refractivity (Wildman–Crippen MR) is 62.1 cm³/mol. The minimum absolute atomic E-state index is 0.805. The van der Waals surface area contributed by atoms with Crippen molar-refractivity contribution in [3.05, 3.63) is 47.1 Å². The van der Waals surface area contributed by atoms with Gasteiger partial charge in [-0.1, -0.05) is 44.2 Å². The van der Waals surface area contributed by atoms with Crippen molar-refractivity contribution in [2.24, 2.45) is 5.92 Å². The van der Waals surface area contributed by atoms with Gasteiger partial charge in [-0.2, -0.15) is 0 Å². The molecular formula is C14H18. The Labute approximate surface area is 86.7 Å². The van der Waals surface area contributed by atoms with Crippen LogP contribution in [0.15, 0.2) is 47.1 Å². The zero-order valence-corrected chi connectivity index (χ0v) is 9.09. The van der Waals surface area contributed by atoms with Gasteiger partial charge in [0.1, 0.15) is 0 Å². The number of hydrogen-bond donors (Lipinski definition) is 0. The average molecular weight is 186 g/mol. The van der Waals surface area contributed by atoms with Gasteiger partial charge in [-0.25, -0.2) is 0 Å². The Hall–Kier alpha value is -1.04. The summed E-state index contributed by atoms with van der Waals surface area (Å²) in [6, 6.07) is 0. The monoisotopic (exact) mass is 186 g/mol. The molecule has 0 fully saturated rings. The lowest BCUT2D eigenvalue weighted by Crippen LogP contribution is -1.94. The van der Waals surface area contributed by atoms with Crippen molar-refractivity contribution in [3.8, 4) is 0 Å². The summed E-state index contributed by atoms with van der Waals surface area (Å²) in [7, 11) is 0. The van der Waals surface area contributed by atoms with Crippen LogP contribution in [-0.2, 0) is 0 Å². The van der Waals surface area contributed by atoms with Gasteiger partial charge in [0, 0.05) is 0 Å². The third-order valence-electron chi connectivity index (χ3n) is 2.87. The van der Waals surface area contributed by atoms with Crippen LogP contribution in [0.5, 0.6) is 0 Å². The van der Waals surface area contributed by atoms with Gasteiger partial charge in [-0.3, -0.25) is 0 Å². The summed E-state index contributed by atoms with van der Waals surface area (Å²) < 4.78 is 0. The van der Waals surface area contributed by atoms with E-state index in [9.17, 15) is 0 Å². The van der Waals surface area contributed by atoms with Crippen molar-refractivity contribution in [2.45, 2.75) is 33.1 Å². The third kappa shape index (κ3) is 1.89. The van der Waals surface area contributed by atoms with Crippen molar-refractivity contribution in [3.63, 3.8) is 0 Å². The Kier molecular flexibility index (Phi) is 2.72. The van der Waals surface area contributed by atoms with E-state index in [1.54, 1.807) is 0 Å². The predicted octanol–water partition coefficient (Wildman–Crippen LogP) is 4.18. The van der Waals surface area contributed by atoms with Gasteiger partial charge >= 0.3 is 0 Å². The Morgan fingerprint density at radius 1 is 1.29 bits per heavy atom. The average Bonchev–Trinajstić information content (AvgIpc) is 2.58. The summed E-state index contributed by atoms with van der Waals surface area (Å²) in [4.78, 5) is 0. The molecule has 0 amide bonds. The summed E-state index contributed by atoms with van der Waals surface area (Å²) >= 11 is 0. The highest BCUT2D eigenvalue weighted by molar-refractivity contribution is 5.60. The van der Waals surface area contributed by atoms with E-state index in [0.717, 1.165) is 12.3 Å². The van der Waals surface area contributed by atoms with E-state index < -0.39 is 0 Å². The molecule has 0 aliphatic heterocycles. The molecule has 0 heterocycles. The topological polar surface area (TPSA) is 0 Å². The molecule has 0 saturated heterocycles. The van der Waals surface area contributed by atoms with Gasteiger partial charge in [-0.15, -0.1) is 0 Å². The van der Waals surface area contributed by atoms with Crippen LogP contribution in [0.2, 0.25) is 0 Å². The minimum Gasteiger partial charge on any atom is -0.0801 e. The van der Waals surface area contributed by atoms with E-state index in [1.807, 2.05) is 0 Å². The lowest BCUT2D eigenvalue weighted by Gasteiger charge is -2.12. The maximum absolute atomic E-state index is 2.35. The van der Waals surface area contributed by atoms with Crippen molar-refractivity contribution < 1.29 is 0 Å². The normalized spacial score (nSPS) is 19.2. The van der Waals surface area contributed by atoms with Gasteiger partial charge < -0.3 is 0 Å². The van der Waals surface area contributed by atoms with Crippen LogP contribution < -0.4 is 0 Å². The molecular weight excluding hydrogens is 168 g/mol. The molecule has 2 aliphatic rings. The first-order chi connectivity index (χ1) is 6.77. The van der Waals surface area contributed by atoms with Crippen molar-refractivity contribution in [1.82, 2.24) is 0 Å². The lowest BCUT2D eigenvalue weighted by molar-refractivity contribution is 0.587. The van der Waals surface area contributed by atoms with Crippen LogP contribution in [-0.4, -0.2) is 0 Å². The quantitative estimate of drug-likeness (QED) is 0.620. The number of fused-ring (bicyclic) bond motifs is 1. The first-order valence-electron chi connectivity index (χ1n) is 5.55. The van der Waals surface area contributed by atoms with Gasteiger partial charge in [0.2, 0.25) is 0 Å². The summed E-state index contributed by atoms with van der Waals surface area (Å²) in [6.45, 7) is 4.58. The maximum Gasteiger partial charge on any atom is -0.0157 e. The molecule has 0 aromatic carbocycles. The number of allylic oxidation sites excluding steroid dienone is 8. The van der Waals surface area contributed by atoms with Crippen LogP contribution in [0, 0.1) is 5.92 Å². The smallest absolute Gasteiger partial charge is 0.0157 e. The Morgan fingerprint density at radius 3 is 2.93 bits per heavy atom. The molecule has 0 heteroatoms. The maximum atomic E-state index is 2.35. The molecule has 0 atom stereocenters. The van der Waals surface area contributed by atoms with Crippen LogP contribution in [0.3, 0.4) is 0 Å². The van der Waals surface area contributed by atoms with Crippen molar-refractivity contribution in [2.75, 3.05) is 0 Å². The van der Waals surface area contributed by atoms with Crippen molar-refractivity contribution >= 4 is 0 Å². The highest BCUT2D eigenvalue weighted by Gasteiger charge is 2.14. The molecule has 0 N–H and O–H groups in total. The van der Waals surface area contributed by atoms with Gasteiger partial charge in [0.15, 0.2) is 0 Å². The van der Waals surface area contributed by atoms with E-state index in [-0.39, 0.29) is 0 Å². The molecule has 74 valence electrons. The second-order valence-electron chi connectivity index (χ2n) is 4.50. The molecule has 0 unspecified atom stereocenters. The SMILES string of the molecule is CC(C)CCC1=CC=C2C=CCC=C21. The summed E-state index contributed by atoms with van der Waals surface area (Å²) in [5.74, 6) is 0.805. The van der Waals surface area contributed by atoms with E-state index in [2.05, 4.69) is 44.2 Å². The molecule has 2 aliphatic carbocycles. The second kappa shape index (κ2) is 4.00. The Bertz CT molecular complexity index is 335. The fourth-order valence-electron chi connectivity index (χ4n) is 1.99. The number of hydrogen-bond acceptors (Lipinski definition) is 0. The molecule has 0 spiro atoms. The molecule has 0 radical (unpaired) electrons. The fraction of sp³-hybridized carbons (Fsp3) is 0.429. The molecule has 2 rings (SSSR count).